The molecule has 4 unspecified atom stereocenters. The van der Waals surface area contributed by atoms with Crippen molar-refractivity contribution in [1.82, 2.24) is 5.06 Å². The van der Waals surface area contributed by atoms with E-state index in [1.807, 2.05) is 12.2 Å². The Bertz CT molecular complexity index is 264. The molecule has 14 heavy (non-hydrogen) atoms. The minimum atomic E-state index is 0.0973. The van der Waals surface area contributed by atoms with E-state index in [9.17, 15) is 0 Å². The lowest BCUT2D eigenvalue weighted by Gasteiger charge is -2.61. The normalized spacial score (nSPS) is 56.8. The van der Waals surface area contributed by atoms with Crippen LogP contribution in [0.5, 0.6) is 0 Å². The van der Waals surface area contributed by atoms with Gasteiger partial charge in [-0.05, 0) is 38.5 Å². The van der Waals surface area contributed by atoms with E-state index in [2.05, 4.69) is 6.92 Å². The molecule has 0 spiro atoms. The van der Waals surface area contributed by atoms with Gasteiger partial charge in [0.25, 0.3) is 0 Å². The van der Waals surface area contributed by atoms with Crippen LogP contribution in [-0.4, -0.2) is 34.6 Å². The molecule has 4 aliphatic rings. The fraction of sp³-hybridized carbons (Fsp3) is 1.00. The second-order valence-electron chi connectivity index (χ2n) is 5.80. The van der Waals surface area contributed by atoms with Crippen molar-refractivity contribution < 1.29 is 9.94 Å². The first-order chi connectivity index (χ1) is 6.57. The molecule has 2 heterocycles. The van der Waals surface area contributed by atoms with Gasteiger partial charge in [0, 0.05) is 13.5 Å². The minimum absolute atomic E-state index is 0.0973. The monoisotopic (exact) mass is 198 g/mol. The second kappa shape index (κ2) is 2.52. The molecule has 0 amide bonds. The number of hydroxylamine groups is 2. The number of hydrogen-bond donors (Lipinski definition) is 0. The highest BCUT2D eigenvalue weighted by Gasteiger charge is 2.62. The lowest BCUT2D eigenvalue weighted by molar-refractivity contribution is -0.304. The summed E-state index contributed by atoms with van der Waals surface area (Å²) in [5.74, 6) is 0.814. The highest BCUT2D eigenvalue weighted by atomic mass is 16.5. The van der Waals surface area contributed by atoms with E-state index in [1.165, 1.54) is 19.3 Å². The van der Waals surface area contributed by atoms with Crippen LogP contribution < -0.4 is 0 Å². The number of rotatable bonds is 1. The van der Waals surface area contributed by atoms with E-state index in [4.69, 9.17) is 9.94 Å². The van der Waals surface area contributed by atoms with Crippen LogP contribution in [-0.2, 0) is 4.74 Å². The molecule has 2 aliphatic heterocycles. The molecule has 4 rings (SSSR count). The molecule has 4 bridgehead atoms. The van der Waals surface area contributed by atoms with E-state index >= 15 is 0 Å². The molecule has 3 nitrogen and oxygen atoms in total. The summed E-state index contributed by atoms with van der Waals surface area (Å²) >= 11 is 0. The van der Waals surface area contributed by atoms with Crippen LogP contribution in [0.3, 0.4) is 0 Å². The first kappa shape index (κ1) is 9.13. The molecule has 0 aromatic heterocycles. The maximum Gasteiger partial charge on any atom is 0.0890 e. The summed E-state index contributed by atoms with van der Waals surface area (Å²) < 4.78 is 5.75. The maximum absolute atomic E-state index is 8.13. The van der Waals surface area contributed by atoms with Gasteiger partial charge in [-0.15, -0.1) is 0 Å². The molecule has 0 radical (unpaired) electrons. The summed E-state index contributed by atoms with van der Waals surface area (Å²) in [6.07, 6.45) is 5.82. The molecular weight excluding hydrogens is 178 g/mol. The topological polar surface area (TPSA) is 35.4 Å². The molecule has 3 heteroatoms. The fourth-order valence-electron chi connectivity index (χ4n) is 4.34. The zero-order valence-electron chi connectivity index (χ0n) is 9.05. The molecule has 0 aromatic carbocycles. The third-order valence-corrected chi connectivity index (χ3v) is 4.68. The third-order valence-electron chi connectivity index (χ3n) is 4.68. The van der Waals surface area contributed by atoms with Gasteiger partial charge in [-0.2, -0.15) is 0 Å². The van der Waals surface area contributed by atoms with Gasteiger partial charge >= 0.3 is 0 Å². The molecule has 2 saturated carbocycles. The Balaban J connectivity index is 1.98. The number of piperidine rings is 2. The largest absolute Gasteiger partial charge is 0.378 e. The average Bonchev–Trinajstić information content (AvgIpc) is 2.12. The van der Waals surface area contributed by atoms with Gasteiger partial charge in [0.2, 0.25) is 0 Å². The molecule has 4 fully saturated rings. The van der Waals surface area contributed by atoms with Crippen molar-refractivity contribution in [3.63, 3.8) is 0 Å². The van der Waals surface area contributed by atoms with Crippen molar-refractivity contribution in [3.8, 4) is 0 Å². The summed E-state index contributed by atoms with van der Waals surface area (Å²) in [6.45, 7) is 2.24. The van der Waals surface area contributed by atoms with Crippen molar-refractivity contribution >= 4 is 0 Å². The zero-order chi connectivity index (χ0) is 9.97. The van der Waals surface area contributed by atoms with Gasteiger partial charge in [-0.1, -0.05) is 5.06 Å². The van der Waals surface area contributed by atoms with E-state index < -0.39 is 0 Å². The van der Waals surface area contributed by atoms with Gasteiger partial charge in [0.05, 0.1) is 17.2 Å². The Morgan fingerprint density at radius 1 is 1.36 bits per heavy atom. The first-order valence-corrected chi connectivity index (χ1v) is 5.63. The lowest BCUT2D eigenvalue weighted by atomic mass is 9.57. The smallest absolute Gasteiger partial charge is 0.0890 e. The third kappa shape index (κ3) is 0.980. The Morgan fingerprint density at radius 3 is 2.79 bits per heavy atom. The minimum Gasteiger partial charge on any atom is -0.378 e. The predicted octanol–water partition coefficient (Wildman–Crippen LogP) is 1.05. The van der Waals surface area contributed by atoms with Crippen molar-refractivity contribution in [2.45, 2.75) is 56.2 Å². The maximum atomic E-state index is 8.13. The molecular formula is C11H20NO2+. The quantitative estimate of drug-likeness (QED) is 0.590. The second-order valence-corrected chi connectivity index (χ2v) is 5.80. The van der Waals surface area contributed by atoms with E-state index in [1.54, 1.807) is 0 Å². The molecule has 2 N–H and O–H groups in total. The lowest BCUT2D eigenvalue weighted by Crippen LogP contribution is -2.69. The highest BCUT2D eigenvalue weighted by Crippen LogP contribution is 2.56. The Labute approximate surface area is 85.0 Å². The van der Waals surface area contributed by atoms with Gasteiger partial charge in [0.15, 0.2) is 0 Å². The van der Waals surface area contributed by atoms with Gasteiger partial charge in [0.1, 0.15) is 0 Å². The van der Waals surface area contributed by atoms with Crippen LogP contribution in [0.1, 0.15) is 39.0 Å². The van der Waals surface area contributed by atoms with Crippen LogP contribution in [0.4, 0.5) is 0 Å². The Morgan fingerprint density at radius 2 is 2.14 bits per heavy atom. The van der Waals surface area contributed by atoms with Crippen molar-refractivity contribution in [2.75, 3.05) is 7.11 Å². The summed E-state index contributed by atoms with van der Waals surface area (Å²) in [5, 5.41) is 10.0. The zero-order valence-corrected chi connectivity index (χ0v) is 9.05. The summed E-state index contributed by atoms with van der Waals surface area (Å²) in [5.41, 5.74) is 0.220. The fourth-order valence-corrected chi connectivity index (χ4v) is 4.34. The summed E-state index contributed by atoms with van der Waals surface area (Å²) in [6, 6.07) is 0.459. The highest BCUT2D eigenvalue weighted by molar-refractivity contribution is 5.12. The van der Waals surface area contributed by atoms with Gasteiger partial charge in [-0.3, -0.25) is 0 Å². The Hall–Kier alpha value is -0.120. The van der Waals surface area contributed by atoms with Crippen molar-refractivity contribution in [1.29, 1.82) is 0 Å². The number of hydrogen-bond acceptors (Lipinski definition) is 2. The van der Waals surface area contributed by atoms with Crippen LogP contribution >= 0.6 is 0 Å². The summed E-state index contributed by atoms with van der Waals surface area (Å²) in [7, 11) is 1.85. The van der Waals surface area contributed by atoms with E-state index in [0.29, 0.717) is 6.04 Å². The van der Waals surface area contributed by atoms with E-state index in [0.717, 1.165) is 18.8 Å². The molecule has 2 saturated heterocycles. The predicted molar refractivity (Wildman–Crippen MR) is 54.0 cm³/mol. The van der Waals surface area contributed by atoms with Crippen molar-refractivity contribution in [2.24, 2.45) is 5.92 Å². The number of ether oxygens (including phenoxy) is 1. The molecule has 2 aliphatic carbocycles. The molecule has 80 valence electrons. The van der Waals surface area contributed by atoms with Gasteiger partial charge in [-0.25, -0.2) is 0 Å². The number of nitrogens with zero attached hydrogens (tertiary/aromatic N) is 1. The average molecular weight is 198 g/mol. The molecule has 4 atom stereocenters. The van der Waals surface area contributed by atoms with Crippen LogP contribution in [0, 0.1) is 5.92 Å². The van der Waals surface area contributed by atoms with Crippen LogP contribution in [0.2, 0.25) is 0 Å². The van der Waals surface area contributed by atoms with Crippen LogP contribution in [0.25, 0.3) is 0 Å². The van der Waals surface area contributed by atoms with Crippen LogP contribution in [0.15, 0.2) is 0 Å². The SMILES string of the molecule is COC12CC3CC(C1)N([OH2+])C(C)(C3)C2. The number of methoxy groups -OCH3 is 1. The molecule has 0 aromatic rings. The summed E-state index contributed by atoms with van der Waals surface area (Å²) in [4.78, 5) is 0. The van der Waals surface area contributed by atoms with E-state index in [-0.39, 0.29) is 11.1 Å². The van der Waals surface area contributed by atoms with Crippen molar-refractivity contribution in [3.05, 3.63) is 0 Å². The Kier molecular flexibility index (Phi) is 1.64. The van der Waals surface area contributed by atoms with Gasteiger partial charge < -0.3 is 9.94 Å². The first-order valence-electron chi connectivity index (χ1n) is 5.63. The standard InChI is InChI=1S/C11H19NO2/c1-10-4-8-3-9(12(10)13)6-11(5-8,7-10)14-2/h8-9,13H,3-7H2,1-2H3/p+1.